The van der Waals surface area contributed by atoms with Crippen molar-refractivity contribution in [3.05, 3.63) is 46.4 Å². The van der Waals surface area contributed by atoms with Gasteiger partial charge in [-0.25, -0.2) is 8.42 Å². The number of fused-ring (bicyclic) bond motifs is 1. The van der Waals surface area contributed by atoms with Crippen molar-refractivity contribution in [1.29, 1.82) is 0 Å². The molecule has 0 aromatic heterocycles. The molecule has 1 N–H and O–H groups in total. The lowest BCUT2D eigenvalue weighted by molar-refractivity contribution is -0.121. The number of ether oxygens (including phenoxy) is 1. The van der Waals surface area contributed by atoms with Crippen molar-refractivity contribution in [3.8, 4) is 5.75 Å². The van der Waals surface area contributed by atoms with Crippen LogP contribution in [0.15, 0.2) is 45.8 Å². The second-order valence-electron chi connectivity index (χ2n) is 8.71. The Morgan fingerprint density at radius 2 is 1.89 bits per heavy atom. The van der Waals surface area contributed by atoms with Crippen LogP contribution in [0.25, 0.3) is 0 Å². The van der Waals surface area contributed by atoms with Crippen LogP contribution in [-0.2, 0) is 26.0 Å². The summed E-state index contributed by atoms with van der Waals surface area (Å²) >= 11 is 3.43. The van der Waals surface area contributed by atoms with E-state index in [2.05, 4.69) is 21.2 Å². The number of amides is 2. The predicted octanol–water partition coefficient (Wildman–Crippen LogP) is 4.19. The third kappa shape index (κ3) is 5.39. The number of carbonyl (C=O) groups excluding carboxylic acids is 2. The fraction of sp³-hybridized carbons (Fsp3) is 0.440. The van der Waals surface area contributed by atoms with Gasteiger partial charge in [0.1, 0.15) is 10.6 Å². The Morgan fingerprint density at radius 1 is 1.14 bits per heavy atom. The maximum absolute atomic E-state index is 13.8. The van der Waals surface area contributed by atoms with Crippen molar-refractivity contribution in [2.45, 2.75) is 44.4 Å². The van der Waals surface area contributed by atoms with E-state index in [9.17, 15) is 18.0 Å². The minimum Gasteiger partial charge on any atom is -0.494 e. The molecular weight excluding hydrogens is 534 g/mol. The Bertz CT molecular complexity index is 1220. The minimum absolute atomic E-state index is 0.0915. The fourth-order valence-corrected chi connectivity index (χ4v) is 7.11. The Labute approximate surface area is 214 Å². The van der Waals surface area contributed by atoms with E-state index >= 15 is 0 Å². The molecule has 10 heteroatoms. The van der Waals surface area contributed by atoms with E-state index in [0.717, 1.165) is 11.3 Å². The third-order valence-electron chi connectivity index (χ3n) is 6.40. The lowest BCUT2D eigenvalue weighted by Gasteiger charge is -2.32. The molecule has 2 aromatic carbocycles. The zero-order valence-electron chi connectivity index (χ0n) is 19.9. The lowest BCUT2D eigenvalue weighted by Crippen LogP contribution is -2.44. The average molecular weight is 565 g/mol. The molecule has 2 aromatic rings. The topological polar surface area (TPSA) is 96.0 Å². The van der Waals surface area contributed by atoms with Crippen LogP contribution in [0.3, 0.4) is 0 Å². The van der Waals surface area contributed by atoms with E-state index in [-0.39, 0.29) is 23.3 Å². The normalized spacial score (nSPS) is 18.3. The average Bonchev–Trinajstić information content (AvgIpc) is 3.28. The van der Waals surface area contributed by atoms with Gasteiger partial charge in [0, 0.05) is 36.2 Å². The molecule has 0 radical (unpaired) electrons. The monoisotopic (exact) mass is 563 g/mol. The van der Waals surface area contributed by atoms with Crippen molar-refractivity contribution in [3.63, 3.8) is 0 Å². The first-order chi connectivity index (χ1) is 16.7. The summed E-state index contributed by atoms with van der Waals surface area (Å²) in [7, 11) is -3.92. The molecule has 2 aliphatic heterocycles. The summed E-state index contributed by atoms with van der Waals surface area (Å²) in [5.74, 6) is -0.0682. The van der Waals surface area contributed by atoms with Crippen LogP contribution in [0.1, 0.15) is 38.7 Å². The molecule has 35 heavy (non-hydrogen) atoms. The first-order valence-electron chi connectivity index (χ1n) is 11.9. The molecule has 0 spiro atoms. The van der Waals surface area contributed by atoms with Gasteiger partial charge < -0.3 is 15.0 Å². The van der Waals surface area contributed by atoms with Crippen LogP contribution >= 0.6 is 15.9 Å². The van der Waals surface area contributed by atoms with E-state index in [4.69, 9.17) is 4.74 Å². The summed E-state index contributed by atoms with van der Waals surface area (Å²) in [6, 6.07) is 10.6. The number of nitrogens with zero attached hydrogens (tertiary/aromatic N) is 2. The van der Waals surface area contributed by atoms with Crippen LogP contribution in [0.2, 0.25) is 0 Å². The van der Waals surface area contributed by atoms with Crippen molar-refractivity contribution >= 4 is 49.1 Å². The molecule has 4 rings (SSSR count). The number of nitrogens with one attached hydrogen (secondary N) is 1. The number of piperidine rings is 1. The minimum atomic E-state index is -3.92. The highest BCUT2D eigenvalue weighted by Crippen LogP contribution is 2.40. The number of carbonyl (C=O) groups is 2. The van der Waals surface area contributed by atoms with Gasteiger partial charge in [-0.3, -0.25) is 9.59 Å². The molecule has 0 bridgehead atoms. The number of sulfonamides is 1. The molecule has 0 aliphatic carbocycles. The van der Waals surface area contributed by atoms with E-state index in [1.54, 1.807) is 42.2 Å². The Kier molecular flexibility index (Phi) is 7.83. The molecule has 188 valence electrons. The molecule has 2 heterocycles. The zero-order valence-corrected chi connectivity index (χ0v) is 22.3. The summed E-state index contributed by atoms with van der Waals surface area (Å²) in [5.41, 5.74) is 1.94. The molecule has 2 amide bonds. The van der Waals surface area contributed by atoms with E-state index in [0.29, 0.717) is 61.2 Å². The SMILES string of the molecule is CCOc1ccc(NC(=O)[C@H]2CCCN(S(=O)(=O)c3cc(Br)cc4c3N(C(=O)CC)CC4)C2)cc1. The number of anilines is 2. The second kappa shape index (κ2) is 10.7. The number of halogens is 1. The van der Waals surface area contributed by atoms with E-state index in [1.807, 2.05) is 13.0 Å². The summed E-state index contributed by atoms with van der Waals surface area (Å²) in [6.45, 7) is 5.12. The van der Waals surface area contributed by atoms with Gasteiger partial charge in [-0.05, 0) is 68.1 Å². The van der Waals surface area contributed by atoms with Gasteiger partial charge in [-0.2, -0.15) is 4.31 Å². The molecule has 1 fully saturated rings. The smallest absolute Gasteiger partial charge is 0.245 e. The van der Waals surface area contributed by atoms with Crippen LogP contribution < -0.4 is 15.0 Å². The van der Waals surface area contributed by atoms with Gasteiger partial charge in [0.25, 0.3) is 0 Å². The molecule has 0 saturated carbocycles. The largest absolute Gasteiger partial charge is 0.494 e. The lowest BCUT2D eigenvalue weighted by atomic mass is 9.99. The van der Waals surface area contributed by atoms with Crippen molar-refractivity contribution < 1.29 is 22.7 Å². The molecule has 2 aliphatic rings. The highest BCUT2D eigenvalue weighted by atomic mass is 79.9. The van der Waals surface area contributed by atoms with Crippen LogP contribution in [0.4, 0.5) is 11.4 Å². The predicted molar refractivity (Wildman–Crippen MR) is 138 cm³/mol. The molecule has 1 atom stereocenters. The van der Waals surface area contributed by atoms with Gasteiger partial charge in [-0.1, -0.05) is 22.9 Å². The summed E-state index contributed by atoms with van der Waals surface area (Å²) in [5, 5.41) is 2.90. The number of rotatable bonds is 7. The first-order valence-corrected chi connectivity index (χ1v) is 14.1. The van der Waals surface area contributed by atoms with Gasteiger partial charge >= 0.3 is 0 Å². The highest BCUT2D eigenvalue weighted by molar-refractivity contribution is 9.10. The van der Waals surface area contributed by atoms with Crippen LogP contribution in [0, 0.1) is 5.92 Å². The standard InChI is InChI=1S/C25H30BrN3O5S/c1-3-23(30)29-13-11-17-14-19(26)15-22(24(17)29)35(32,33)28-12-5-6-18(16-28)25(31)27-20-7-9-21(10-8-20)34-4-2/h7-10,14-15,18H,3-6,11-13,16H2,1-2H3,(H,27,31)/t18-/m0/s1. The number of benzene rings is 2. The highest BCUT2D eigenvalue weighted by Gasteiger charge is 2.38. The van der Waals surface area contributed by atoms with Gasteiger partial charge in [0.05, 0.1) is 18.2 Å². The maximum atomic E-state index is 13.8. The van der Waals surface area contributed by atoms with Gasteiger partial charge in [0.2, 0.25) is 21.8 Å². The second-order valence-corrected chi connectivity index (χ2v) is 11.5. The molecular formula is C25H30BrN3O5S. The van der Waals surface area contributed by atoms with E-state index < -0.39 is 15.9 Å². The van der Waals surface area contributed by atoms with Crippen LogP contribution in [-0.4, -0.2) is 50.8 Å². The summed E-state index contributed by atoms with van der Waals surface area (Å²) in [6.07, 6.45) is 2.09. The Morgan fingerprint density at radius 3 is 2.57 bits per heavy atom. The van der Waals surface area contributed by atoms with Crippen molar-refractivity contribution in [1.82, 2.24) is 4.31 Å². The Balaban J connectivity index is 1.55. The van der Waals surface area contributed by atoms with Crippen molar-refractivity contribution in [2.75, 3.05) is 36.5 Å². The first kappa shape index (κ1) is 25.7. The fourth-order valence-electron chi connectivity index (χ4n) is 4.67. The van der Waals surface area contributed by atoms with E-state index in [1.165, 1.54) is 4.31 Å². The maximum Gasteiger partial charge on any atom is 0.245 e. The molecule has 1 saturated heterocycles. The van der Waals surface area contributed by atoms with Gasteiger partial charge in [0.15, 0.2) is 0 Å². The van der Waals surface area contributed by atoms with Crippen LogP contribution in [0.5, 0.6) is 5.75 Å². The summed E-state index contributed by atoms with van der Waals surface area (Å²) < 4.78 is 35.1. The number of hydrogen-bond donors (Lipinski definition) is 1. The molecule has 0 unspecified atom stereocenters. The third-order valence-corrected chi connectivity index (χ3v) is 8.74. The Hall–Kier alpha value is -2.43. The quantitative estimate of drug-likeness (QED) is 0.545. The van der Waals surface area contributed by atoms with Gasteiger partial charge in [-0.15, -0.1) is 0 Å². The number of hydrogen-bond acceptors (Lipinski definition) is 5. The zero-order chi connectivity index (χ0) is 25.2. The summed E-state index contributed by atoms with van der Waals surface area (Å²) in [4.78, 5) is 27.2. The molecule has 8 nitrogen and oxygen atoms in total. The van der Waals surface area contributed by atoms with Crippen molar-refractivity contribution in [2.24, 2.45) is 5.92 Å².